The van der Waals surface area contributed by atoms with Gasteiger partial charge in [-0.25, -0.2) is 0 Å². The number of carbonyl (C=O) groups excluding carboxylic acids is 2. The molecule has 0 aromatic carbocycles. The van der Waals surface area contributed by atoms with Crippen LogP contribution in [0.25, 0.3) is 0 Å². The molecule has 0 aliphatic carbocycles. The van der Waals surface area contributed by atoms with Gasteiger partial charge < -0.3 is 9.84 Å². The van der Waals surface area contributed by atoms with Crippen molar-refractivity contribution in [2.24, 2.45) is 0 Å². The van der Waals surface area contributed by atoms with Gasteiger partial charge in [0.15, 0.2) is 0 Å². The summed E-state index contributed by atoms with van der Waals surface area (Å²) in [4.78, 5) is 23.9. The van der Waals surface area contributed by atoms with Crippen molar-refractivity contribution in [2.45, 2.75) is 6.42 Å². The van der Waals surface area contributed by atoms with Crippen molar-refractivity contribution < 1.29 is 19.4 Å². The molecular formula is C9H15NO4S. The lowest BCUT2D eigenvalue weighted by Gasteiger charge is -2.24. The molecular weight excluding hydrogens is 218 g/mol. The number of nitrogens with zero attached hydrogens (tertiary/aromatic N) is 1. The Morgan fingerprint density at radius 1 is 1.27 bits per heavy atom. The van der Waals surface area contributed by atoms with Crippen molar-refractivity contribution in [3.63, 3.8) is 0 Å². The molecule has 0 aromatic heterocycles. The smallest absolute Gasteiger partial charge is 0.239 e. The molecule has 1 saturated heterocycles. The molecule has 0 atom stereocenters. The normalized spacial score (nSPS) is 17.3. The summed E-state index contributed by atoms with van der Waals surface area (Å²) in [5.74, 6) is 0.559. The Labute approximate surface area is 92.8 Å². The van der Waals surface area contributed by atoms with Gasteiger partial charge in [0, 0.05) is 13.2 Å². The number of carbonyl (C=O) groups is 2. The van der Waals surface area contributed by atoms with Crippen molar-refractivity contribution in [1.29, 1.82) is 0 Å². The van der Waals surface area contributed by atoms with Crippen LogP contribution in [0, 0.1) is 0 Å². The van der Waals surface area contributed by atoms with Crippen LogP contribution in [0.5, 0.6) is 0 Å². The summed E-state index contributed by atoms with van der Waals surface area (Å²) in [7, 11) is 0. The maximum atomic E-state index is 11.3. The van der Waals surface area contributed by atoms with Crippen LogP contribution in [-0.4, -0.2) is 59.7 Å². The van der Waals surface area contributed by atoms with Crippen LogP contribution < -0.4 is 0 Å². The van der Waals surface area contributed by atoms with Crippen molar-refractivity contribution in [3.8, 4) is 0 Å². The molecule has 1 fully saturated rings. The Balaban J connectivity index is 2.18. The molecule has 0 spiro atoms. The molecule has 1 N–H and O–H groups in total. The monoisotopic (exact) mass is 233 g/mol. The SMILES string of the molecule is O=C1CSCC(=O)N1CCCOCCO. The molecule has 6 heteroatoms. The zero-order valence-corrected chi connectivity index (χ0v) is 9.29. The van der Waals surface area contributed by atoms with Crippen LogP contribution in [-0.2, 0) is 14.3 Å². The Morgan fingerprint density at radius 2 is 1.93 bits per heavy atom. The molecule has 0 saturated carbocycles. The van der Waals surface area contributed by atoms with E-state index in [4.69, 9.17) is 9.84 Å². The highest BCUT2D eigenvalue weighted by Crippen LogP contribution is 2.12. The second-order valence-electron chi connectivity index (χ2n) is 3.12. The summed E-state index contributed by atoms with van der Waals surface area (Å²) in [5, 5.41) is 8.45. The average molecular weight is 233 g/mol. The van der Waals surface area contributed by atoms with E-state index in [1.54, 1.807) is 0 Å². The maximum absolute atomic E-state index is 11.3. The standard InChI is InChI=1S/C9H15NO4S/c11-3-5-14-4-1-2-10-8(12)6-15-7-9(10)13/h11H,1-7H2. The summed E-state index contributed by atoms with van der Waals surface area (Å²) < 4.78 is 5.04. The Morgan fingerprint density at radius 3 is 2.53 bits per heavy atom. The van der Waals surface area contributed by atoms with Gasteiger partial charge >= 0.3 is 0 Å². The molecule has 0 aromatic rings. The van der Waals surface area contributed by atoms with Crippen LogP contribution in [0.1, 0.15) is 6.42 Å². The van der Waals surface area contributed by atoms with Crippen LogP contribution in [0.2, 0.25) is 0 Å². The third-order valence-electron chi connectivity index (χ3n) is 1.96. The first-order valence-electron chi connectivity index (χ1n) is 4.85. The van der Waals surface area contributed by atoms with E-state index in [1.165, 1.54) is 16.7 Å². The molecule has 0 unspecified atom stereocenters. The van der Waals surface area contributed by atoms with E-state index in [2.05, 4.69) is 0 Å². The number of hydrogen-bond donors (Lipinski definition) is 1. The minimum atomic E-state index is -0.113. The number of ether oxygens (including phenoxy) is 1. The molecule has 5 nitrogen and oxygen atoms in total. The topological polar surface area (TPSA) is 66.8 Å². The van der Waals surface area contributed by atoms with E-state index in [0.29, 0.717) is 37.7 Å². The zero-order valence-electron chi connectivity index (χ0n) is 8.48. The number of hydrogen-bond acceptors (Lipinski definition) is 5. The predicted molar refractivity (Wildman–Crippen MR) is 56.6 cm³/mol. The lowest BCUT2D eigenvalue weighted by molar-refractivity contribution is -0.142. The van der Waals surface area contributed by atoms with Gasteiger partial charge in [0.25, 0.3) is 0 Å². The molecule has 15 heavy (non-hydrogen) atoms. The summed E-state index contributed by atoms with van der Waals surface area (Å²) in [6.45, 7) is 1.18. The molecule has 2 amide bonds. The van der Waals surface area contributed by atoms with Gasteiger partial charge in [-0.3, -0.25) is 14.5 Å². The molecule has 0 radical (unpaired) electrons. The van der Waals surface area contributed by atoms with Crippen LogP contribution >= 0.6 is 11.8 Å². The minimum Gasteiger partial charge on any atom is -0.394 e. The number of aliphatic hydroxyl groups is 1. The number of aliphatic hydroxyl groups excluding tert-OH is 1. The van der Waals surface area contributed by atoms with Crippen molar-refractivity contribution in [2.75, 3.05) is 37.9 Å². The fraction of sp³-hybridized carbons (Fsp3) is 0.778. The third-order valence-corrected chi connectivity index (χ3v) is 2.86. The lowest BCUT2D eigenvalue weighted by atomic mass is 10.3. The maximum Gasteiger partial charge on any atom is 0.239 e. The highest BCUT2D eigenvalue weighted by atomic mass is 32.2. The van der Waals surface area contributed by atoms with E-state index in [-0.39, 0.29) is 18.4 Å². The van der Waals surface area contributed by atoms with E-state index < -0.39 is 0 Å². The van der Waals surface area contributed by atoms with Gasteiger partial charge in [-0.2, -0.15) is 0 Å². The predicted octanol–water partition coefficient (Wildman–Crippen LogP) is -0.513. The molecule has 0 bridgehead atoms. The molecule has 86 valence electrons. The van der Waals surface area contributed by atoms with Crippen molar-refractivity contribution >= 4 is 23.6 Å². The van der Waals surface area contributed by atoms with E-state index in [0.717, 1.165) is 0 Å². The molecule has 1 aliphatic heterocycles. The van der Waals surface area contributed by atoms with Crippen molar-refractivity contribution in [1.82, 2.24) is 4.90 Å². The fourth-order valence-corrected chi connectivity index (χ4v) is 2.02. The summed E-state index contributed by atoms with van der Waals surface area (Å²) in [5.41, 5.74) is 0. The van der Waals surface area contributed by atoms with Gasteiger partial charge in [-0.15, -0.1) is 11.8 Å². The van der Waals surface area contributed by atoms with E-state index in [1.807, 2.05) is 0 Å². The number of rotatable bonds is 6. The Kier molecular flexibility index (Phi) is 5.67. The number of amides is 2. The van der Waals surface area contributed by atoms with Gasteiger partial charge in [-0.05, 0) is 6.42 Å². The van der Waals surface area contributed by atoms with Gasteiger partial charge in [-0.1, -0.05) is 0 Å². The average Bonchev–Trinajstić information content (AvgIpc) is 2.21. The third kappa shape index (κ3) is 4.19. The van der Waals surface area contributed by atoms with Crippen molar-refractivity contribution in [3.05, 3.63) is 0 Å². The first-order chi connectivity index (χ1) is 7.25. The van der Waals surface area contributed by atoms with E-state index >= 15 is 0 Å². The highest BCUT2D eigenvalue weighted by Gasteiger charge is 2.25. The summed E-state index contributed by atoms with van der Waals surface area (Å²) in [6, 6.07) is 0. The highest BCUT2D eigenvalue weighted by molar-refractivity contribution is 8.00. The summed E-state index contributed by atoms with van der Waals surface area (Å²) >= 11 is 1.36. The van der Waals surface area contributed by atoms with Gasteiger partial charge in [0.05, 0.1) is 24.7 Å². The van der Waals surface area contributed by atoms with Gasteiger partial charge in [0.2, 0.25) is 11.8 Å². The first-order valence-corrected chi connectivity index (χ1v) is 6.00. The Hall–Kier alpha value is -0.590. The number of imide groups is 1. The largest absolute Gasteiger partial charge is 0.394 e. The number of thioether (sulfide) groups is 1. The first kappa shape index (κ1) is 12.5. The van der Waals surface area contributed by atoms with Crippen LogP contribution in [0.4, 0.5) is 0 Å². The minimum absolute atomic E-state index is 0.00177. The summed E-state index contributed by atoms with van der Waals surface area (Å²) in [6.07, 6.45) is 0.627. The van der Waals surface area contributed by atoms with Gasteiger partial charge in [0.1, 0.15) is 0 Å². The van der Waals surface area contributed by atoms with E-state index in [9.17, 15) is 9.59 Å². The molecule has 1 aliphatic rings. The lowest BCUT2D eigenvalue weighted by Crippen LogP contribution is -2.43. The molecule has 1 heterocycles. The van der Waals surface area contributed by atoms with Crippen LogP contribution in [0.3, 0.4) is 0 Å². The molecule has 1 rings (SSSR count). The zero-order chi connectivity index (χ0) is 11.1. The quantitative estimate of drug-likeness (QED) is 0.494. The van der Waals surface area contributed by atoms with Crippen LogP contribution in [0.15, 0.2) is 0 Å². The fourth-order valence-electron chi connectivity index (χ4n) is 1.26. The Bertz CT molecular complexity index is 218. The second kappa shape index (κ2) is 6.81. The second-order valence-corrected chi connectivity index (χ2v) is 4.11.